The summed E-state index contributed by atoms with van der Waals surface area (Å²) in [5.74, 6) is 0.123. The van der Waals surface area contributed by atoms with Gasteiger partial charge in [0.2, 0.25) is 5.91 Å². The Balaban J connectivity index is 2.04. The molecule has 104 valence electrons. The number of anilines is 1. The SMILES string of the molecule is Cc1ccc(CC(=O)N2C[C@H](C)O[C@@H](C)C2)c(N)c1. The van der Waals surface area contributed by atoms with Gasteiger partial charge in [-0.05, 0) is 38.0 Å². The Kier molecular flexibility index (Phi) is 4.10. The number of nitrogens with zero attached hydrogens (tertiary/aromatic N) is 1. The van der Waals surface area contributed by atoms with E-state index in [1.165, 1.54) is 0 Å². The van der Waals surface area contributed by atoms with E-state index in [1.54, 1.807) is 0 Å². The van der Waals surface area contributed by atoms with E-state index >= 15 is 0 Å². The summed E-state index contributed by atoms with van der Waals surface area (Å²) in [7, 11) is 0. The van der Waals surface area contributed by atoms with Gasteiger partial charge in [0.1, 0.15) is 0 Å². The molecule has 0 aromatic heterocycles. The van der Waals surface area contributed by atoms with Crippen molar-refractivity contribution in [2.45, 2.75) is 39.4 Å². The van der Waals surface area contributed by atoms with Crippen molar-refractivity contribution in [3.05, 3.63) is 29.3 Å². The van der Waals surface area contributed by atoms with E-state index in [1.807, 2.05) is 43.9 Å². The number of ether oxygens (including phenoxy) is 1. The third-order valence-corrected chi connectivity index (χ3v) is 3.42. The van der Waals surface area contributed by atoms with Gasteiger partial charge >= 0.3 is 0 Å². The Morgan fingerprint density at radius 3 is 2.58 bits per heavy atom. The van der Waals surface area contributed by atoms with E-state index in [2.05, 4.69) is 0 Å². The van der Waals surface area contributed by atoms with Crippen LogP contribution in [-0.2, 0) is 16.0 Å². The minimum absolute atomic E-state index is 0.100. The number of aryl methyl sites for hydroxylation is 1. The maximum absolute atomic E-state index is 12.3. The number of benzene rings is 1. The molecule has 4 nitrogen and oxygen atoms in total. The topological polar surface area (TPSA) is 55.6 Å². The van der Waals surface area contributed by atoms with Crippen LogP contribution in [0.4, 0.5) is 5.69 Å². The van der Waals surface area contributed by atoms with Crippen LogP contribution >= 0.6 is 0 Å². The van der Waals surface area contributed by atoms with Crippen molar-refractivity contribution >= 4 is 11.6 Å². The second-order valence-electron chi connectivity index (χ2n) is 5.44. The molecule has 2 atom stereocenters. The zero-order valence-corrected chi connectivity index (χ0v) is 11.8. The third kappa shape index (κ3) is 3.47. The van der Waals surface area contributed by atoms with Crippen LogP contribution in [-0.4, -0.2) is 36.1 Å². The van der Waals surface area contributed by atoms with Crippen molar-refractivity contribution in [2.75, 3.05) is 18.8 Å². The van der Waals surface area contributed by atoms with Gasteiger partial charge in [-0.2, -0.15) is 0 Å². The van der Waals surface area contributed by atoms with Crippen molar-refractivity contribution in [3.8, 4) is 0 Å². The summed E-state index contributed by atoms with van der Waals surface area (Å²) >= 11 is 0. The Bertz CT molecular complexity index is 463. The van der Waals surface area contributed by atoms with E-state index in [-0.39, 0.29) is 18.1 Å². The van der Waals surface area contributed by atoms with Gasteiger partial charge in [-0.15, -0.1) is 0 Å². The van der Waals surface area contributed by atoms with Crippen LogP contribution in [0.15, 0.2) is 18.2 Å². The molecule has 0 bridgehead atoms. The Morgan fingerprint density at radius 1 is 1.37 bits per heavy atom. The summed E-state index contributed by atoms with van der Waals surface area (Å²) < 4.78 is 5.64. The molecule has 1 aromatic carbocycles. The number of hydrogen-bond acceptors (Lipinski definition) is 3. The predicted octanol–water partition coefficient (Wildman–Crippen LogP) is 1.76. The zero-order chi connectivity index (χ0) is 14.0. The lowest BCUT2D eigenvalue weighted by Gasteiger charge is -2.35. The number of carbonyl (C=O) groups is 1. The molecule has 4 heteroatoms. The summed E-state index contributed by atoms with van der Waals surface area (Å²) in [6, 6.07) is 5.84. The van der Waals surface area contributed by atoms with Gasteiger partial charge in [0.15, 0.2) is 0 Å². The molecule has 2 rings (SSSR count). The molecule has 1 saturated heterocycles. The number of nitrogen functional groups attached to an aromatic ring is 1. The lowest BCUT2D eigenvalue weighted by Crippen LogP contribution is -2.48. The van der Waals surface area contributed by atoms with Gasteiger partial charge in [0.25, 0.3) is 0 Å². The van der Waals surface area contributed by atoms with Crippen LogP contribution in [0.1, 0.15) is 25.0 Å². The minimum Gasteiger partial charge on any atom is -0.398 e. The summed E-state index contributed by atoms with van der Waals surface area (Å²) in [4.78, 5) is 14.2. The van der Waals surface area contributed by atoms with Crippen LogP contribution in [0.5, 0.6) is 0 Å². The first-order valence-electron chi connectivity index (χ1n) is 6.74. The lowest BCUT2D eigenvalue weighted by molar-refractivity contribution is -0.142. The number of amides is 1. The molecule has 2 N–H and O–H groups in total. The van der Waals surface area contributed by atoms with E-state index in [9.17, 15) is 4.79 Å². The second kappa shape index (κ2) is 5.61. The second-order valence-corrected chi connectivity index (χ2v) is 5.44. The average Bonchev–Trinajstić information content (AvgIpc) is 2.31. The maximum Gasteiger partial charge on any atom is 0.227 e. The van der Waals surface area contributed by atoms with E-state index in [0.29, 0.717) is 25.2 Å². The highest BCUT2D eigenvalue weighted by Gasteiger charge is 2.25. The lowest BCUT2D eigenvalue weighted by atomic mass is 10.1. The summed E-state index contributed by atoms with van der Waals surface area (Å²) in [5.41, 5.74) is 8.67. The maximum atomic E-state index is 12.3. The number of hydrogen-bond donors (Lipinski definition) is 1. The monoisotopic (exact) mass is 262 g/mol. The van der Waals surface area contributed by atoms with Crippen LogP contribution in [0.25, 0.3) is 0 Å². The van der Waals surface area contributed by atoms with Gasteiger partial charge < -0.3 is 15.4 Å². The number of nitrogens with two attached hydrogens (primary N) is 1. The molecular weight excluding hydrogens is 240 g/mol. The molecule has 19 heavy (non-hydrogen) atoms. The van der Waals surface area contributed by atoms with Crippen molar-refractivity contribution in [2.24, 2.45) is 0 Å². The van der Waals surface area contributed by atoms with Crippen LogP contribution in [0.3, 0.4) is 0 Å². The van der Waals surface area contributed by atoms with E-state index in [4.69, 9.17) is 10.5 Å². The molecule has 0 unspecified atom stereocenters. The van der Waals surface area contributed by atoms with Gasteiger partial charge in [-0.25, -0.2) is 0 Å². The van der Waals surface area contributed by atoms with Gasteiger partial charge in [0, 0.05) is 18.8 Å². The highest BCUT2D eigenvalue weighted by Crippen LogP contribution is 2.17. The Labute approximate surface area is 114 Å². The molecule has 0 radical (unpaired) electrons. The smallest absolute Gasteiger partial charge is 0.227 e. The van der Waals surface area contributed by atoms with Crippen molar-refractivity contribution < 1.29 is 9.53 Å². The van der Waals surface area contributed by atoms with Crippen LogP contribution in [0, 0.1) is 6.92 Å². The van der Waals surface area contributed by atoms with E-state index in [0.717, 1.165) is 11.1 Å². The first kappa shape index (κ1) is 13.9. The summed E-state index contributed by atoms with van der Waals surface area (Å²) in [6.07, 6.45) is 0.567. The van der Waals surface area contributed by atoms with Crippen molar-refractivity contribution in [1.82, 2.24) is 4.90 Å². The molecule has 0 spiro atoms. The fraction of sp³-hybridized carbons (Fsp3) is 0.533. The molecule has 0 saturated carbocycles. The van der Waals surface area contributed by atoms with E-state index < -0.39 is 0 Å². The van der Waals surface area contributed by atoms with Crippen LogP contribution < -0.4 is 5.73 Å². The molecule has 1 aliphatic heterocycles. The zero-order valence-electron chi connectivity index (χ0n) is 11.8. The first-order valence-corrected chi connectivity index (χ1v) is 6.74. The van der Waals surface area contributed by atoms with Gasteiger partial charge in [-0.3, -0.25) is 4.79 Å². The Hall–Kier alpha value is -1.55. The molecule has 1 fully saturated rings. The number of morpholine rings is 1. The predicted molar refractivity (Wildman–Crippen MR) is 75.9 cm³/mol. The Morgan fingerprint density at radius 2 is 2.00 bits per heavy atom. The van der Waals surface area contributed by atoms with Crippen molar-refractivity contribution in [3.63, 3.8) is 0 Å². The fourth-order valence-corrected chi connectivity index (χ4v) is 2.53. The molecule has 0 aliphatic carbocycles. The average molecular weight is 262 g/mol. The van der Waals surface area contributed by atoms with Crippen LogP contribution in [0.2, 0.25) is 0 Å². The molecular formula is C15H22N2O2. The molecule has 1 aliphatic rings. The molecule has 1 heterocycles. The van der Waals surface area contributed by atoms with Gasteiger partial charge in [-0.1, -0.05) is 12.1 Å². The normalized spacial score (nSPS) is 23.4. The van der Waals surface area contributed by atoms with Crippen molar-refractivity contribution in [1.29, 1.82) is 0 Å². The number of carbonyl (C=O) groups excluding carboxylic acids is 1. The summed E-state index contributed by atoms with van der Waals surface area (Å²) in [5, 5.41) is 0. The molecule has 1 amide bonds. The fourth-order valence-electron chi connectivity index (χ4n) is 2.53. The quantitative estimate of drug-likeness (QED) is 0.826. The largest absolute Gasteiger partial charge is 0.398 e. The third-order valence-electron chi connectivity index (χ3n) is 3.42. The molecule has 1 aromatic rings. The highest BCUT2D eigenvalue weighted by atomic mass is 16.5. The van der Waals surface area contributed by atoms with Gasteiger partial charge in [0.05, 0.1) is 18.6 Å². The summed E-state index contributed by atoms with van der Waals surface area (Å²) in [6.45, 7) is 7.31. The number of rotatable bonds is 2. The standard InChI is InChI=1S/C15H22N2O2/c1-10-4-5-13(14(16)6-10)7-15(18)17-8-11(2)19-12(3)9-17/h4-6,11-12H,7-9,16H2,1-3H3/t11-,12-/m0/s1. The minimum atomic E-state index is 0.100. The highest BCUT2D eigenvalue weighted by molar-refractivity contribution is 5.80. The first-order chi connectivity index (χ1) is 8.95.